The van der Waals surface area contributed by atoms with Crippen LogP contribution in [0.5, 0.6) is 0 Å². The smallest absolute Gasteiger partial charge is 0.136 e. The third-order valence-corrected chi connectivity index (χ3v) is 6.68. The van der Waals surface area contributed by atoms with Crippen LogP contribution in [0.25, 0.3) is 17.7 Å². The maximum atomic E-state index is 13.8. The van der Waals surface area contributed by atoms with Crippen LogP contribution in [0.2, 0.25) is 0 Å². The Bertz CT molecular complexity index is 943. The fourth-order valence-electron chi connectivity index (χ4n) is 4.10. The third kappa shape index (κ3) is 3.89. The van der Waals surface area contributed by atoms with Gasteiger partial charge < -0.3 is 4.90 Å². The molecular weight excluding hydrogens is 369 g/mol. The first-order valence-electron chi connectivity index (χ1n) is 10.1. The van der Waals surface area contributed by atoms with Crippen molar-refractivity contribution >= 4 is 34.8 Å². The number of halogens is 1. The summed E-state index contributed by atoms with van der Waals surface area (Å²) in [5.74, 6) is 0.273. The number of carbonyl (C=O) groups excluding carboxylic acids is 1. The van der Waals surface area contributed by atoms with Crippen LogP contribution in [0, 0.1) is 11.7 Å². The average molecular weight is 396 g/mol. The lowest BCUT2D eigenvalue weighted by Gasteiger charge is -2.30. The van der Waals surface area contributed by atoms with Gasteiger partial charge in [0.1, 0.15) is 11.6 Å². The minimum atomic E-state index is -0.192. The maximum Gasteiger partial charge on any atom is 0.136 e. The Kier molecular flexibility index (Phi) is 5.61. The van der Waals surface area contributed by atoms with Crippen LogP contribution in [0.15, 0.2) is 35.2 Å². The Labute approximate surface area is 170 Å². The van der Waals surface area contributed by atoms with Crippen molar-refractivity contribution in [1.82, 2.24) is 4.90 Å². The lowest BCUT2D eigenvalue weighted by Crippen LogP contribution is -2.33. The summed E-state index contributed by atoms with van der Waals surface area (Å²) < 4.78 is 13.8. The number of thiophene rings is 1. The first-order chi connectivity index (χ1) is 13.5. The molecule has 0 N–H and O–H groups in total. The Hall–Kier alpha value is -2.04. The van der Waals surface area contributed by atoms with Gasteiger partial charge in [0, 0.05) is 42.4 Å². The number of fused-ring (bicyclic) bond motifs is 2. The van der Waals surface area contributed by atoms with Crippen molar-refractivity contribution in [2.75, 3.05) is 19.6 Å². The lowest BCUT2D eigenvalue weighted by atomic mass is 9.87. The monoisotopic (exact) mass is 395 g/mol. The molecule has 2 aliphatic rings. The second kappa shape index (κ2) is 8.14. The highest BCUT2D eigenvalue weighted by Crippen LogP contribution is 2.40. The number of Topliss-reactive ketones (excluding diaryl/α,β-unsaturated/α-hetero) is 1. The van der Waals surface area contributed by atoms with Crippen LogP contribution in [0.1, 0.15) is 54.7 Å². The standard InChI is InChI=1S/C24H26FNOS/c1-16(2)22(27)9-13-26-11-7-17(8-12-26)24-20-5-4-19(25)15-18(20)3-6-23-21(24)10-14-28-23/h3-6,10,14-16H,7-9,11-13H2,1-2H3. The molecule has 0 unspecified atom stereocenters. The second-order valence-electron chi connectivity index (χ2n) is 7.95. The number of rotatable bonds is 4. The molecular formula is C24H26FNOS. The SMILES string of the molecule is CC(C)C(=O)CCN1CCC(=C2c3ccc(F)cc3C=Cc3sccc32)CC1. The van der Waals surface area contributed by atoms with Gasteiger partial charge in [0.2, 0.25) is 0 Å². The van der Waals surface area contributed by atoms with E-state index < -0.39 is 0 Å². The molecule has 0 radical (unpaired) electrons. The third-order valence-electron chi connectivity index (χ3n) is 5.79. The molecule has 2 heterocycles. The zero-order valence-electron chi connectivity index (χ0n) is 16.5. The van der Waals surface area contributed by atoms with Gasteiger partial charge in [-0.15, -0.1) is 11.3 Å². The van der Waals surface area contributed by atoms with E-state index in [1.54, 1.807) is 23.5 Å². The number of piperidine rings is 1. The van der Waals surface area contributed by atoms with Crippen LogP contribution in [0.4, 0.5) is 4.39 Å². The zero-order valence-corrected chi connectivity index (χ0v) is 17.3. The van der Waals surface area contributed by atoms with Crippen molar-refractivity contribution in [3.05, 3.63) is 62.6 Å². The predicted molar refractivity (Wildman–Crippen MR) is 116 cm³/mol. The number of hydrogen-bond acceptors (Lipinski definition) is 3. The van der Waals surface area contributed by atoms with Crippen LogP contribution in [0.3, 0.4) is 0 Å². The molecule has 0 bridgehead atoms. The highest BCUT2D eigenvalue weighted by atomic mass is 32.1. The van der Waals surface area contributed by atoms with E-state index in [9.17, 15) is 9.18 Å². The molecule has 1 aliphatic carbocycles. The quantitative estimate of drug-likeness (QED) is 0.549. The van der Waals surface area contributed by atoms with E-state index in [4.69, 9.17) is 0 Å². The first kappa shape index (κ1) is 19.3. The zero-order chi connectivity index (χ0) is 19.7. The molecule has 1 saturated heterocycles. The summed E-state index contributed by atoms with van der Waals surface area (Å²) >= 11 is 1.73. The van der Waals surface area contributed by atoms with Crippen LogP contribution in [-0.4, -0.2) is 30.3 Å². The van der Waals surface area contributed by atoms with Crippen LogP contribution in [-0.2, 0) is 4.79 Å². The number of likely N-dealkylation sites (tertiary alicyclic amines) is 1. The summed E-state index contributed by atoms with van der Waals surface area (Å²) in [6.45, 7) is 6.76. The molecule has 4 rings (SSSR count). The summed E-state index contributed by atoms with van der Waals surface area (Å²) in [6, 6.07) is 7.32. The minimum absolute atomic E-state index is 0.120. The Morgan fingerprint density at radius 3 is 2.68 bits per heavy atom. The molecule has 1 aliphatic heterocycles. The first-order valence-corrected chi connectivity index (χ1v) is 10.9. The summed E-state index contributed by atoms with van der Waals surface area (Å²) in [5, 5.41) is 2.14. The van der Waals surface area contributed by atoms with Gasteiger partial charge >= 0.3 is 0 Å². The van der Waals surface area contributed by atoms with E-state index in [0.717, 1.165) is 43.6 Å². The number of hydrogen-bond donors (Lipinski definition) is 0. The summed E-state index contributed by atoms with van der Waals surface area (Å²) in [5.41, 5.74) is 6.09. The lowest BCUT2D eigenvalue weighted by molar-refractivity contribution is -0.122. The predicted octanol–water partition coefficient (Wildman–Crippen LogP) is 5.88. The molecule has 0 saturated carbocycles. The molecule has 146 valence electrons. The summed E-state index contributed by atoms with van der Waals surface area (Å²) in [4.78, 5) is 15.6. The topological polar surface area (TPSA) is 20.3 Å². The van der Waals surface area contributed by atoms with Crippen molar-refractivity contribution in [1.29, 1.82) is 0 Å². The van der Waals surface area contributed by atoms with Gasteiger partial charge in [-0.25, -0.2) is 4.39 Å². The molecule has 0 atom stereocenters. The van der Waals surface area contributed by atoms with E-state index in [-0.39, 0.29) is 11.7 Å². The van der Waals surface area contributed by atoms with Gasteiger partial charge in [0.15, 0.2) is 0 Å². The van der Waals surface area contributed by atoms with Crippen LogP contribution < -0.4 is 0 Å². The minimum Gasteiger partial charge on any atom is -0.302 e. The van der Waals surface area contributed by atoms with Crippen molar-refractivity contribution in [3.63, 3.8) is 0 Å². The van der Waals surface area contributed by atoms with Gasteiger partial charge in [-0.2, -0.15) is 0 Å². The molecule has 1 aromatic carbocycles. The number of nitrogens with zero attached hydrogens (tertiary/aromatic N) is 1. The van der Waals surface area contributed by atoms with E-state index in [1.165, 1.54) is 21.6 Å². The van der Waals surface area contributed by atoms with E-state index in [0.29, 0.717) is 12.2 Å². The molecule has 0 amide bonds. The maximum absolute atomic E-state index is 13.8. The number of benzene rings is 1. The largest absolute Gasteiger partial charge is 0.302 e. The van der Waals surface area contributed by atoms with E-state index in [2.05, 4.69) is 22.4 Å². The molecule has 2 nitrogen and oxygen atoms in total. The molecule has 1 aromatic heterocycles. The fraction of sp³-hybridized carbons (Fsp3) is 0.375. The molecule has 4 heteroatoms. The van der Waals surface area contributed by atoms with Crippen LogP contribution >= 0.6 is 11.3 Å². The fourth-order valence-corrected chi connectivity index (χ4v) is 4.90. The van der Waals surface area contributed by atoms with Crippen molar-refractivity contribution < 1.29 is 9.18 Å². The van der Waals surface area contributed by atoms with Crippen molar-refractivity contribution in [2.24, 2.45) is 5.92 Å². The Morgan fingerprint density at radius 1 is 1.14 bits per heavy atom. The molecule has 2 aromatic rings. The summed E-state index contributed by atoms with van der Waals surface area (Å²) in [6.07, 6.45) is 6.78. The molecule has 28 heavy (non-hydrogen) atoms. The van der Waals surface area contributed by atoms with Gasteiger partial charge in [0.05, 0.1) is 0 Å². The van der Waals surface area contributed by atoms with Crippen molar-refractivity contribution in [3.8, 4) is 0 Å². The highest BCUT2D eigenvalue weighted by Gasteiger charge is 2.23. The van der Waals surface area contributed by atoms with Gasteiger partial charge in [-0.3, -0.25) is 4.79 Å². The van der Waals surface area contributed by atoms with Gasteiger partial charge in [-0.05, 0) is 59.2 Å². The molecule has 1 fully saturated rings. The average Bonchev–Trinajstić information content (AvgIpc) is 3.09. The Morgan fingerprint density at radius 2 is 1.93 bits per heavy atom. The van der Waals surface area contributed by atoms with Gasteiger partial charge in [-0.1, -0.05) is 31.6 Å². The molecule has 0 spiro atoms. The second-order valence-corrected chi connectivity index (χ2v) is 8.90. The number of ketones is 1. The Balaban J connectivity index is 1.60. The van der Waals surface area contributed by atoms with Crippen molar-refractivity contribution in [2.45, 2.75) is 33.1 Å². The van der Waals surface area contributed by atoms with E-state index >= 15 is 0 Å². The van der Waals surface area contributed by atoms with Gasteiger partial charge in [0.25, 0.3) is 0 Å². The normalized spacial score (nSPS) is 16.9. The van der Waals surface area contributed by atoms with E-state index in [1.807, 2.05) is 26.0 Å². The summed E-state index contributed by atoms with van der Waals surface area (Å²) in [7, 11) is 0. The number of carbonyl (C=O) groups is 1. The highest BCUT2D eigenvalue weighted by molar-refractivity contribution is 7.11.